The minimum Gasteiger partial charge on any atom is -0.0651 e. The summed E-state index contributed by atoms with van der Waals surface area (Å²) in [6.45, 7) is 9.20. The van der Waals surface area contributed by atoms with Gasteiger partial charge in [-0.2, -0.15) is 0 Å². The topological polar surface area (TPSA) is 0 Å². The number of hydrogen-bond donors (Lipinski definition) is 0. The number of benzene rings is 2. The van der Waals surface area contributed by atoms with Crippen molar-refractivity contribution >= 4 is 10.8 Å². The van der Waals surface area contributed by atoms with E-state index in [4.69, 9.17) is 0 Å². The molecule has 22 heavy (non-hydrogen) atoms. The summed E-state index contributed by atoms with van der Waals surface area (Å²) in [6.07, 6.45) is 9.82. The minimum atomic E-state index is 1.22. The van der Waals surface area contributed by atoms with Crippen molar-refractivity contribution in [3.8, 4) is 0 Å². The van der Waals surface area contributed by atoms with Crippen molar-refractivity contribution < 1.29 is 0 Å². The third-order valence-electron chi connectivity index (χ3n) is 4.63. The zero-order valence-corrected chi connectivity index (χ0v) is 15.0. The largest absolute Gasteiger partial charge is 0.0651 e. The molecule has 0 fully saturated rings. The highest BCUT2D eigenvalue weighted by molar-refractivity contribution is 5.91. The summed E-state index contributed by atoms with van der Waals surface area (Å²) in [4.78, 5) is 0. The van der Waals surface area contributed by atoms with Gasteiger partial charge in [0.2, 0.25) is 0 Å². The minimum absolute atomic E-state index is 1.22. The van der Waals surface area contributed by atoms with Gasteiger partial charge in [-0.05, 0) is 58.7 Å². The molecule has 0 saturated carbocycles. The van der Waals surface area contributed by atoms with Crippen LogP contribution in [0.5, 0.6) is 0 Å². The van der Waals surface area contributed by atoms with E-state index in [2.05, 4.69) is 52.0 Å². The molecule has 0 bridgehead atoms. The lowest BCUT2D eigenvalue weighted by Gasteiger charge is -2.18. The Hall–Kier alpha value is -1.30. The molecule has 120 valence electrons. The number of rotatable bonds is 8. The van der Waals surface area contributed by atoms with Crippen LogP contribution in [0.4, 0.5) is 0 Å². The number of hydrogen-bond acceptors (Lipinski definition) is 0. The molecule has 0 heteroatoms. The summed E-state index contributed by atoms with van der Waals surface area (Å²) in [5.74, 6) is 0. The molecule has 2 aromatic rings. The van der Waals surface area contributed by atoms with Gasteiger partial charge in [0.1, 0.15) is 0 Å². The maximum absolute atomic E-state index is 2.38. The Morgan fingerprint density at radius 2 is 0.955 bits per heavy atom. The zero-order chi connectivity index (χ0) is 15.9. The van der Waals surface area contributed by atoms with E-state index in [-0.39, 0.29) is 0 Å². The molecule has 2 rings (SSSR count). The number of aryl methyl sites for hydroxylation is 4. The fourth-order valence-corrected chi connectivity index (χ4v) is 3.73. The zero-order valence-electron chi connectivity index (χ0n) is 15.0. The fourth-order valence-electron chi connectivity index (χ4n) is 3.73. The molecule has 0 radical (unpaired) electrons. The lowest BCUT2D eigenvalue weighted by Crippen LogP contribution is -2.02. The van der Waals surface area contributed by atoms with Gasteiger partial charge in [0.25, 0.3) is 0 Å². The third kappa shape index (κ3) is 3.54. The van der Waals surface area contributed by atoms with E-state index in [9.17, 15) is 0 Å². The molecule has 0 heterocycles. The molecule has 0 unspecified atom stereocenters. The highest BCUT2D eigenvalue weighted by Crippen LogP contribution is 2.31. The normalized spacial score (nSPS) is 11.3. The monoisotopic (exact) mass is 296 g/mol. The van der Waals surface area contributed by atoms with Crippen LogP contribution in [0.2, 0.25) is 0 Å². The Labute approximate surface area is 136 Å². The lowest BCUT2D eigenvalue weighted by molar-refractivity contribution is 0.852. The van der Waals surface area contributed by atoms with Gasteiger partial charge in [-0.25, -0.2) is 0 Å². The van der Waals surface area contributed by atoms with E-state index >= 15 is 0 Å². The van der Waals surface area contributed by atoms with Gasteiger partial charge in [0.15, 0.2) is 0 Å². The molecule has 0 aliphatic heterocycles. The van der Waals surface area contributed by atoms with Crippen LogP contribution in [0.25, 0.3) is 10.8 Å². The SMILES string of the molecule is CCCc1ccc2ccc(CCC)c(CCC)c2c1CCC. The molecule has 0 amide bonds. The molecule has 0 aromatic heterocycles. The molecule has 0 atom stereocenters. The van der Waals surface area contributed by atoms with Crippen LogP contribution in [0.15, 0.2) is 24.3 Å². The van der Waals surface area contributed by atoms with Crippen molar-refractivity contribution in [3.63, 3.8) is 0 Å². The standard InChI is InChI=1S/C22H32/c1-5-9-17-13-15-19-16-14-18(10-6-2)21(12-8-4)22(19)20(17)11-7-3/h13-16H,5-12H2,1-4H3. The van der Waals surface area contributed by atoms with Crippen LogP contribution in [-0.4, -0.2) is 0 Å². The number of fused-ring (bicyclic) bond motifs is 1. The molecule has 0 aliphatic carbocycles. The van der Waals surface area contributed by atoms with Crippen molar-refractivity contribution in [1.29, 1.82) is 0 Å². The average Bonchev–Trinajstić information content (AvgIpc) is 2.52. The summed E-state index contributed by atoms with van der Waals surface area (Å²) >= 11 is 0. The summed E-state index contributed by atoms with van der Waals surface area (Å²) in [6, 6.07) is 9.47. The summed E-state index contributed by atoms with van der Waals surface area (Å²) in [5.41, 5.74) is 6.46. The van der Waals surface area contributed by atoms with Gasteiger partial charge >= 0.3 is 0 Å². The van der Waals surface area contributed by atoms with E-state index in [1.807, 2.05) is 0 Å². The Morgan fingerprint density at radius 1 is 0.545 bits per heavy atom. The highest BCUT2D eigenvalue weighted by atomic mass is 14.2. The second-order valence-electron chi connectivity index (χ2n) is 6.50. The lowest BCUT2D eigenvalue weighted by atomic mass is 9.86. The average molecular weight is 296 g/mol. The molecule has 0 spiro atoms. The second-order valence-corrected chi connectivity index (χ2v) is 6.50. The summed E-state index contributed by atoms with van der Waals surface area (Å²) in [5, 5.41) is 3.05. The van der Waals surface area contributed by atoms with Crippen molar-refractivity contribution in [2.24, 2.45) is 0 Å². The van der Waals surface area contributed by atoms with E-state index in [0.29, 0.717) is 0 Å². The molecule has 0 aliphatic rings. The molecule has 2 aromatic carbocycles. The van der Waals surface area contributed by atoms with Gasteiger partial charge in [0.05, 0.1) is 0 Å². The van der Waals surface area contributed by atoms with Gasteiger partial charge in [-0.15, -0.1) is 0 Å². The molecule has 0 saturated heterocycles. The first-order valence-electron chi connectivity index (χ1n) is 9.31. The predicted octanol–water partition coefficient (Wildman–Crippen LogP) is 6.65. The van der Waals surface area contributed by atoms with E-state index in [0.717, 1.165) is 0 Å². The Morgan fingerprint density at radius 3 is 1.32 bits per heavy atom. The smallest absolute Gasteiger partial charge is 0.0114 e. The summed E-state index contributed by atoms with van der Waals surface area (Å²) in [7, 11) is 0. The van der Waals surface area contributed by atoms with E-state index in [1.54, 1.807) is 27.6 Å². The molecule has 0 nitrogen and oxygen atoms in total. The van der Waals surface area contributed by atoms with Gasteiger partial charge < -0.3 is 0 Å². The van der Waals surface area contributed by atoms with Crippen molar-refractivity contribution in [2.45, 2.75) is 79.1 Å². The first-order valence-corrected chi connectivity index (χ1v) is 9.31. The van der Waals surface area contributed by atoms with E-state index < -0.39 is 0 Å². The van der Waals surface area contributed by atoms with Gasteiger partial charge in [-0.1, -0.05) is 77.6 Å². The predicted molar refractivity (Wildman–Crippen MR) is 99.9 cm³/mol. The quantitative estimate of drug-likeness (QED) is 0.511. The first-order chi connectivity index (χ1) is 10.8. The van der Waals surface area contributed by atoms with E-state index in [1.165, 1.54) is 56.8 Å². The van der Waals surface area contributed by atoms with Crippen LogP contribution in [-0.2, 0) is 25.7 Å². The fraction of sp³-hybridized carbons (Fsp3) is 0.545. The molecule has 0 N–H and O–H groups in total. The van der Waals surface area contributed by atoms with Crippen LogP contribution in [0.1, 0.15) is 75.6 Å². The van der Waals surface area contributed by atoms with Crippen LogP contribution < -0.4 is 0 Å². The summed E-state index contributed by atoms with van der Waals surface area (Å²) < 4.78 is 0. The molecular weight excluding hydrogens is 264 g/mol. The Bertz CT molecular complexity index is 556. The van der Waals surface area contributed by atoms with Crippen LogP contribution >= 0.6 is 0 Å². The third-order valence-corrected chi connectivity index (χ3v) is 4.63. The van der Waals surface area contributed by atoms with Gasteiger partial charge in [0, 0.05) is 0 Å². The van der Waals surface area contributed by atoms with Crippen molar-refractivity contribution in [3.05, 3.63) is 46.5 Å². The van der Waals surface area contributed by atoms with Crippen LogP contribution in [0, 0.1) is 0 Å². The highest BCUT2D eigenvalue weighted by Gasteiger charge is 2.13. The first kappa shape index (κ1) is 17.1. The Balaban J connectivity index is 2.73. The van der Waals surface area contributed by atoms with Crippen molar-refractivity contribution in [1.82, 2.24) is 0 Å². The maximum Gasteiger partial charge on any atom is -0.0114 e. The molecular formula is C22H32. The second kappa shape index (κ2) is 8.36. The maximum atomic E-state index is 2.38. The van der Waals surface area contributed by atoms with Crippen molar-refractivity contribution in [2.75, 3.05) is 0 Å². The van der Waals surface area contributed by atoms with Gasteiger partial charge in [-0.3, -0.25) is 0 Å². The van der Waals surface area contributed by atoms with Crippen LogP contribution in [0.3, 0.4) is 0 Å². The Kier molecular flexibility index (Phi) is 6.49.